The van der Waals surface area contributed by atoms with E-state index >= 15 is 0 Å². The van der Waals surface area contributed by atoms with Crippen LogP contribution < -0.4 is 10.6 Å². The molecule has 0 radical (unpaired) electrons. The fraction of sp³-hybridized carbons (Fsp3) is 0.952. The third-order valence-electron chi connectivity index (χ3n) is 5.67. The van der Waals surface area contributed by atoms with Crippen LogP contribution in [0.15, 0.2) is 4.99 Å². The van der Waals surface area contributed by atoms with Crippen LogP contribution in [0.4, 0.5) is 0 Å². The Bertz CT molecular complexity index is 474. The Morgan fingerprint density at radius 2 is 1.75 bits per heavy atom. The summed E-state index contributed by atoms with van der Waals surface area (Å²) in [5, 5.41) is 6.99. The van der Waals surface area contributed by atoms with E-state index in [4.69, 9.17) is 14.5 Å². The van der Waals surface area contributed by atoms with Crippen molar-refractivity contribution in [3.05, 3.63) is 0 Å². The van der Waals surface area contributed by atoms with Gasteiger partial charge in [-0.05, 0) is 39.0 Å². The Balaban J connectivity index is 0.00000392. The van der Waals surface area contributed by atoms with Gasteiger partial charge in [0.25, 0.3) is 0 Å². The van der Waals surface area contributed by atoms with E-state index in [9.17, 15) is 0 Å². The lowest BCUT2D eigenvalue weighted by molar-refractivity contribution is -0.0835. The first kappa shape index (κ1) is 25.9. The number of nitrogens with one attached hydrogen (secondary N) is 2. The lowest BCUT2D eigenvalue weighted by Gasteiger charge is -2.41. The van der Waals surface area contributed by atoms with E-state index in [1.54, 1.807) is 0 Å². The van der Waals surface area contributed by atoms with E-state index in [-0.39, 0.29) is 34.9 Å². The molecule has 0 aromatic heterocycles. The lowest BCUT2D eigenvalue weighted by Crippen LogP contribution is -2.52. The predicted molar refractivity (Wildman–Crippen MR) is 128 cm³/mol. The molecule has 2 aliphatic rings. The molecule has 2 saturated heterocycles. The number of hydrogen-bond acceptors (Lipinski definition) is 4. The standard InChI is InChI=1S/C21H42N4O2.HI/c1-7-22-19(24-16-21(5,6)25-10-13-26-14-11-25)23-15-17-9-8-12-27-18(17)20(2,3)4;/h17-18H,7-16H2,1-6H3,(H2,22,23,24);1H. The molecule has 0 aliphatic carbocycles. The van der Waals surface area contributed by atoms with E-state index in [0.29, 0.717) is 12.0 Å². The number of ether oxygens (including phenoxy) is 2. The Labute approximate surface area is 189 Å². The van der Waals surface area contributed by atoms with Gasteiger partial charge in [0.2, 0.25) is 0 Å². The zero-order chi connectivity index (χ0) is 19.9. The molecule has 0 amide bonds. The molecule has 7 heteroatoms. The van der Waals surface area contributed by atoms with Gasteiger partial charge in [0.1, 0.15) is 0 Å². The minimum Gasteiger partial charge on any atom is -0.379 e. The van der Waals surface area contributed by atoms with Gasteiger partial charge in [0.15, 0.2) is 5.96 Å². The molecular weight excluding hydrogens is 467 g/mol. The van der Waals surface area contributed by atoms with Crippen LogP contribution in [0.3, 0.4) is 0 Å². The predicted octanol–water partition coefficient (Wildman–Crippen LogP) is 3.11. The molecule has 2 aliphatic heterocycles. The number of nitrogens with zero attached hydrogens (tertiary/aromatic N) is 2. The molecule has 2 heterocycles. The first-order valence-electron chi connectivity index (χ1n) is 10.7. The maximum Gasteiger partial charge on any atom is 0.191 e. The van der Waals surface area contributed by atoms with Crippen molar-refractivity contribution in [1.29, 1.82) is 0 Å². The molecule has 0 saturated carbocycles. The maximum atomic E-state index is 6.12. The SMILES string of the molecule is CCNC(=NCC(C)(C)N1CCOCC1)NCC1CCCOC1C(C)(C)C.I. The highest BCUT2D eigenvalue weighted by atomic mass is 127. The minimum absolute atomic E-state index is 0. The molecular formula is C21H43IN4O2. The van der Waals surface area contributed by atoms with Crippen molar-refractivity contribution in [3.8, 4) is 0 Å². The van der Waals surface area contributed by atoms with Crippen LogP contribution in [-0.4, -0.2) is 75.0 Å². The number of morpholine rings is 1. The summed E-state index contributed by atoms with van der Waals surface area (Å²) in [6, 6.07) is 0. The fourth-order valence-electron chi connectivity index (χ4n) is 4.12. The molecule has 2 unspecified atom stereocenters. The van der Waals surface area contributed by atoms with E-state index in [1.165, 1.54) is 6.42 Å². The first-order chi connectivity index (χ1) is 12.7. The number of guanidine groups is 1. The Morgan fingerprint density at radius 3 is 2.36 bits per heavy atom. The summed E-state index contributed by atoms with van der Waals surface area (Å²) < 4.78 is 11.6. The minimum atomic E-state index is 0. The Morgan fingerprint density at radius 1 is 1.07 bits per heavy atom. The Hall–Kier alpha value is -0.120. The average Bonchev–Trinajstić information content (AvgIpc) is 2.64. The van der Waals surface area contributed by atoms with Crippen molar-refractivity contribution in [2.45, 2.75) is 66.0 Å². The smallest absolute Gasteiger partial charge is 0.191 e. The van der Waals surface area contributed by atoms with Gasteiger partial charge >= 0.3 is 0 Å². The van der Waals surface area contributed by atoms with Gasteiger partial charge < -0.3 is 20.1 Å². The topological polar surface area (TPSA) is 58.1 Å². The molecule has 0 aromatic rings. The molecule has 0 aromatic carbocycles. The second-order valence-electron chi connectivity index (χ2n) is 9.55. The molecule has 2 rings (SSSR count). The summed E-state index contributed by atoms with van der Waals surface area (Å²) in [6.07, 6.45) is 2.66. The molecule has 2 N–H and O–H groups in total. The molecule has 2 fully saturated rings. The van der Waals surface area contributed by atoms with Crippen LogP contribution in [-0.2, 0) is 9.47 Å². The van der Waals surface area contributed by atoms with Gasteiger partial charge in [-0.1, -0.05) is 20.8 Å². The highest BCUT2D eigenvalue weighted by molar-refractivity contribution is 14.0. The second kappa shape index (κ2) is 11.9. The highest BCUT2D eigenvalue weighted by Gasteiger charge is 2.35. The third-order valence-corrected chi connectivity index (χ3v) is 5.67. The molecule has 0 spiro atoms. The van der Waals surface area contributed by atoms with Crippen molar-refractivity contribution in [2.75, 3.05) is 52.5 Å². The summed E-state index contributed by atoms with van der Waals surface area (Å²) in [5.41, 5.74) is 0.203. The van der Waals surface area contributed by atoms with Crippen LogP contribution in [0.2, 0.25) is 0 Å². The molecule has 28 heavy (non-hydrogen) atoms. The number of halogens is 1. The van der Waals surface area contributed by atoms with Crippen LogP contribution in [0, 0.1) is 11.3 Å². The van der Waals surface area contributed by atoms with Crippen molar-refractivity contribution in [3.63, 3.8) is 0 Å². The van der Waals surface area contributed by atoms with E-state index < -0.39 is 0 Å². The van der Waals surface area contributed by atoms with E-state index in [0.717, 1.165) is 64.9 Å². The largest absolute Gasteiger partial charge is 0.379 e. The van der Waals surface area contributed by atoms with Crippen molar-refractivity contribution >= 4 is 29.9 Å². The van der Waals surface area contributed by atoms with Gasteiger partial charge in [0, 0.05) is 44.2 Å². The summed E-state index contributed by atoms with van der Waals surface area (Å²) in [5.74, 6) is 1.44. The number of hydrogen-bond donors (Lipinski definition) is 2. The van der Waals surface area contributed by atoms with Crippen molar-refractivity contribution in [2.24, 2.45) is 16.3 Å². The Kier molecular flexibility index (Phi) is 11.0. The van der Waals surface area contributed by atoms with Crippen LogP contribution in [0.25, 0.3) is 0 Å². The third kappa shape index (κ3) is 7.95. The summed E-state index contributed by atoms with van der Waals surface area (Å²) >= 11 is 0. The molecule has 166 valence electrons. The normalized spacial score (nSPS) is 25.1. The number of rotatable bonds is 6. The van der Waals surface area contributed by atoms with E-state index in [1.807, 2.05) is 0 Å². The first-order valence-corrected chi connectivity index (χ1v) is 10.7. The number of aliphatic imine (C=N–C) groups is 1. The van der Waals surface area contributed by atoms with Crippen molar-refractivity contribution in [1.82, 2.24) is 15.5 Å². The lowest BCUT2D eigenvalue weighted by atomic mass is 9.78. The summed E-state index contributed by atoms with van der Waals surface area (Å²) in [6.45, 7) is 20.5. The zero-order valence-corrected chi connectivity index (χ0v) is 21.2. The maximum absolute atomic E-state index is 6.12. The molecule has 2 atom stereocenters. The van der Waals surface area contributed by atoms with Gasteiger partial charge in [0.05, 0.1) is 25.9 Å². The van der Waals surface area contributed by atoms with Gasteiger partial charge in [-0.15, -0.1) is 24.0 Å². The van der Waals surface area contributed by atoms with Gasteiger partial charge in [-0.3, -0.25) is 9.89 Å². The summed E-state index contributed by atoms with van der Waals surface area (Å²) in [7, 11) is 0. The second-order valence-corrected chi connectivity index (χ2v) is 9.55. The van der Waals surface area contributed by atoms with E-state index in [2.05, 4.69) is 57.1 Å². The molecule has 0 bridgehead atoms. The van der Waals surface area contributed by atoms with Crippen LogP contribution >= 0.6 is 24.0 Å². The molecule has 6 nitrogen and oxygen atoms in total. The van der Waals surface area contributed by atoms with Crippen molar-refractivity contribution < 1.29 is 9.47 Å². The van der Waals surface area contributed by atoms with Gasteiger partial charge in [-0.25, -0.2) is 0 Å². The highest BCUT2D eigenvalue weighted by Crippen LogP contribution is 2.33. The quantitative estimate of drug-likeness (QED) is 0.327. The van der Waals surface area contributed by atoms with Gasteiger partial charge in [-0.2, -0.15) is 0 Å². The summed E-state index contributed by atoms with van der Waals surface area (Å²) in [4.78, 5) is 7.38. The fourth-order valence-corrected chi connectivity index (χ4v) is 4.12. The van der Waals surface area contributed by atoms with Crippen LogP contribution in [0.5, 0.6) is 0 Å². The van der Waals surface area contributed by atoms with Crippen LogP contribution in [0.1, 0.15) is 54.4 Å². The monoisotopic (exact) mass is 510 g/mol. The zero-order valence-electron chi connectivity index (χ0n) is 18.8. The average molecular weight is 511 g/mol.